The van der Waals surface area contributed by atoms with Crippen LogP contribution in [0.5, 0.6) is 5.75 Å². The van der Waals surface area contributed by atoms with Crippen LogP contribution in [0.4, 0.5) is 5.69 Å². The van der Waals surface area contributed by atoms with E-state index in [1.807, 2.05) is 29.6 Å². The molecule has 0 saturated carbocycles. The highest BCUT2D eigenvalue weighted by Crippen LogP contribution is 2.19. The molecule has 1 heterocycles. The Kier molecular flexibility index (Phi) is 4.80. The van der Waals surface area contributed by atoms with Gasteiger partial charge in [-0.05, 0) is 23.6 Å². The van der Waals surface area contributed by atoms with Gasteiger partial charge >= 0.3 is 0 Å². The first-order valence-electron chi connectivity index (χ1n) is 6.02. The third-order valence-electron chi connectivity index (χ3n) is 2.55. The van der Waals surface area contributed by atoms with E-state index in [2.05, 4.69) is 5.32 Å². The molecule has 2 rings (SSSR count). The molecular formula is C14H16N2O2S. The molecule has 2 aromatic rings. The lowest BCUT2D eigenvalue weighted by Crippen LogP contribution is -2.24. The van der Waals surface area contributed by atoms with Crippen LogP contribution >= 0.6 is 11.3 Å². The van der Waals surface area contributed by atoms with Gasteiger partial charge in [0.2, 0.25) is 5.91 Å². The maximum atomic E-state index is 11.6. The Morgan fingerprint density at radius 2 is 2.11 bits per heavy atom. The summed E-state index contributed by atoms with van der Waals surface area (Å²) in [6.45, 7) is 0.897. The fourth-order valence-electron chi connectivity index (χ4n) is 1.55. The number of para-hydroxylation sites is 2. The van der Waals surface area contributed by atoms with Crippen LogP contribution in [0.15, 0.2) is 41.8 Å². The van der Waals surface area contributed by atoms with Gasteiger partial charge in [0.1, 0.15) is 5.75 Å². The number of nitrogens with one attached hydrogen (secondary N) is 1. The molecule has 3 N–H and O–H groups in total. The van der Waals surface area contributed by atoms with E-state index in [-0.39, 0.29) is 5.91 Å². The van der Waals surface area contributed by atoms with Gasteiger partial charge in [0.05, 0.1) is 25.3 Å². The minimum atomic E-state index is -0.0251. The minimum Gasteiger partial charge on any atom is -0.491 e. The molecule has 19 heavy (non-hydrogen) atoms. The third kappa shape index (κ3) is 4.30. The van der Waals surface area contributed by atoms with E-state index in [0.717, 1.165) is 4.88 Å². The van der Waals surface area contributed by atoms with Crippen molar-refractivity contribution in [2.24, 2.45) is 0 Å². The molecule has 4 nitrogen and oxygen atoms in total. The lowest BCUT2D eigenvalue weighted by atomic mass is 10.3. The van der Waals surface area contributed by atoms with Gasteiger partial charge in [-0.2, -0.15) is 0 Å². The molecule has 0 saturated heterocycles. The Labute approximate surface area is 116 Å². The predicted octanol–water partition coefficient (Wildman–Crippen LogP) is 2.42. The van der Waals surface area contributed by atoms with Crippen LogP contribution in [0.25, 0.3) is 0 Å². The number of hydrogen-bond acceptors (Lipinski definition) is 4. The van der Waals surface area contributed by atoms with Gasteiger partial charge in [0, 0.05) is 4.88 Å². The second-order valence-electron chi connectivity index (χ2n) is 3.99. The molecule has 0 aliphatic carbocycles. The maximum absolute atomic E-state index is 11.6. The summed E-state index contributed by atoms with van der Waals surface area (Å²) in [6.07, 6.45) is 0.319. The topological polar surface area (TPSA) is 64.3 Å². The number of nitrogens with two attached hydrogens (primary N) is 1. The first kappa shape index (κ1) is 13.4. The summed E-state index contributed by atoms with van der Waals surface area (Å²) in [5.74, 6) is 0.594. The van der Waals surface area contributed by atoms with Gasteiger partial charge in [-0.25, -0.2) is 0 Å². The highest BCUT2D eigenvalue weighted by atomic mass is 32.1. The number of benzene rings is 1. The minimum absolute atomic E-state index is 0.0251. The molecule has 0 unspecified atom stereocenters. The summed E-state index contributed by atoms with van der Waals surface area (Å²) in [4.78, 5) is 12.7. The van der Waals surface area contributed by atoms with E-state index in [9.17, 15) is 4.79 Å². The molecule has 1 aromatic heterocycles. The number of nitrogen functional groups attached to an aromatic ring is 1. The fourth-order valence-corrected chi connectivity index (χ4v) is 2.20. The summed E-state index contributed by atoms with van der Waals surface area (Å²) >= 11 is 1.63. The fraction of sp³-hybridized carbons (Fsp3) is 0.214. The molecule has 0 aliphatic heterocycles. The number of amides is 1. The van der Waals surface area contributed by atoms with Crippen molar-refractivity contribution in [3.05, 3.63) is 46.7 Å². The molecule has 0 bridgehead atoms. The maximum Gasteiger partial charge on any atom is 0.223 e. The molecule has 0 radical (unpaired) electrons. The summed E-state index contributed by atoms with van der Waals surface area (Å²) in [5.41, 5.74) is 6.32. The Morgan fingerprint density at radius 3 is 2.84 bits per heavy atom. The highest BCUT2D eigenvalue weighted by Gasteiger charge is 2.04. The van der Waals surface area contributed by atoms with Gasteiger partial charge in [0.25, 0.3) is 0 Å². The number of rotatable bonds is 6. The molecule has 0 atom stereocenters. The number of ether oxygens (including phenoxy) is 1. The van der Waals surface area contributed by atoms with E-state index in [1.165, 1.54) is 0 Å². The molecule has 5 heteroatoms. The van der Waals surface area contributed by atoms with Gasteiger partial charge in [-0.1, -0.05) is 18.2 Å². The summed E-state index contributed by atoms with van der Waals surface area (Å²) in [7, 11) is 0. The average Bonchev–Trinajstić information content (AvgIpc) is 2.92. The van der Waals surface area contributed by atoms with Crippen molar-refractivity contribution in [2.75, 3.05) is 12.3 Å². The highest BCUT2D eigenvalue weighted by molar-refractivity contribution is 7.09. The van der Waals surface area contributed by atoms with Crippen molar-refractivity contribution in [1.82, 2.24) is 5.32 Å². The number of hydrogen-bond donors (Lipinski definition) is 2. The summed E-state index contributed by atoms with van der Waals surface area (Å²) < 4.78 is 5.46. The second-order valence-corrected chi connectivity index (χ2v) is 5.02. The van der Waals surface area contributed by atoms with Crippen LogP contribution in [0.2, 0.25) is 0 Å². The van der Waals surface area contributed by atoms with E-state index in [0.29, 0.717) is 31.0 Å². The standard InChI is InChI=1S/C14H16N2O2S/c15-12-5-1-2-6-13(12)18-8-7-14(17)16-10-11-4-3-9-19-11/h1-6,9H,7-8,10,15H2,(H,16,17). The Morgan fingerprint density at radius 1 is 1.26 bits per heavy atom. The molecule has 0 spiro atoms. The molecule has 1 amide bonds. The molecule has 0 aliphatic rings. The zero-order chi connectivity index (χ0) is 13.5. The Balaban J connectivity index is 1.68. The van der Waals surface area contributed by atoms with Crippen LogP contribution in [0.1, 0.15) is 11.3 Å². The van der Waals surface area contributed by atoms with Gasteiger partial charge in [-0.3, -0.25) is 4.79 Å². The van der Waals surface area contributed by atoms with E-state index in [4.69, 9.17) is 10.5 Å². The largest absolute Gasteiger partial charge is 0.491 e. The van der Waals surface area contributed by atoms with Gasteiger partial charge in [0.15, 0.2) is 0 Å². The first-order chi connectivity index (χ1) is 9.25. The Hall–Kier alpha value is -2.01. The van der Waals surface area contributed by atoms with Crippen LogP contribution in [-0.4, -0.2) is 12.5 Å². The van der Waals surface area contributed by atoms with Crippen LogP contribution in [0, 0.1) is 0 Å². The number of carbonyl (C=O) groups is 1. The summed E-state index contributed by atoms with van der Waals surface area (Å²) in [6, 6.07) is 11.2. The van der Waals surface area contributed by atoms with E-state index >= 15 is 0 Å². The summed E-state index contributed by atoms with van der Waals surface area (Å²) in [5, 5.41) is 4.84. The average molecular weight is 276 g/mol. The van der Waals surface area contributed by atoms with Crippen molar-refractivity contribution in [2.45, 2.75) is 13.0 Å². The van der Waals surface area contributed by atoms with Crippen molar-refractivity contribution >= 4 is 22.9 Å². The van der Waals surface area contributed by atoms with Crippen molar-refractivity contribution in [3.8, 4) is 5.75 Å². The first-order valence-corrected chi connectivity index (χ1v) is 6.90. The monoisotopic (exact) mass is 276 g/mol. The quantitative estimate of drug-likeness (QED) is 0.796. The van der Waals surface area contributed by atoms with Crippen LogP contribution < -0.4 is 15.8 Å². The molecule has 0 fully saturated rings. The predicted molar refractivity (Wildman–Crippen MR) is 77.1 cm³/mol. The normalized spacial score (nSPS) is 10.1. The molecule has 100 valence electrons. The zero-order valence-corrected chi connectivity index (χ0v) is 11.3. The van der Waals surface area contributed by atoms with Crippen LogP contribution in [-0.2, 0) is 11.3 Å². The second kappa shape index (κ2) is 6.80. The zero-order valence-electron chi connectivity index (χ0n) is 10.5. The van der Waals surface area contributed by atoms with Crippen molar-refractivity contribution < 1.29 is 9.53 Å². The number of carbonyl (C=O) groups excluding carboxylic acids is 1. The molecule has 1 aromatic carbocycles. The third-order valence-corrected chi connectivity index (χ3v) is 3.42. The SMILES string of the molecule is Nc1ccccc1OCCC(=O)NCc1cccs1. The number of anilines is 1. The lowest BCUT2D eigenvalue weighted by molar-refractivity contribution is -0.121. The smallest absolute Gasteiger partial charge is 0.223 e. The molecular weight excluding hydrogens is 260 g/mol. The van der Waals surface area contributed by atoms with Gasteiger partial charge in [-0.15, -0.1) is 11.3 Å². The van der Waals surface area contributed by atoms with E-state index < -0.39 is 0 Å². The van der Waals surface area contributed by atoms with E-state index in [1.54, 1.807) is 23.5 Å². The Bertz CT molecular complexity index is 526. The number of thiophene rings is 1. The lowest BCUT2D eigenvalue weighted by Gasteiger charge is -2.08. The van der Waals surface area contributed by atoms with Gasteiger partial charge < -0.3 is 15.8 Å². The van der Waals surface area contributed by atoms with Crippen LogP contribution in [0.3, 0.4) is 0 Å². The van der Waals surface area contributed by atoms with Crippen molar-refractivity contribution in [3.63, 3.8) is 0 Å². The van der Waals surface area contributed by atoms with Crippen molar-refractivity contribution in [1.29, 1.82) is 0 Å².